The first kappa shape index (κ1) is 19.2. The summed E-state index contributed by atoms with van der Waals surface area (Å²) in [6.07, 6.45) is -0.868. The van der Waals surface area contributed by atoms with E-state index in [1.165, 1.54) is 31.2 Å². The number of benzene rings is 1. The summed E-state index contributed by atoms with van der Waals surface area (Å²) in [4.78, 5) is 18.5. The summed E-state index contributed by atoms with van der Waals surface area (Å²) in [6.45, 7) is 1.44. The zero-order valence-electron chi connectivity index (χ0n) is 14.6. The number of para-hydroxylation sites is 1. The van der Waals surface area contributed by atoms with Gasteiger partial charge in [0, 0.05) is 24.5 Å². The van der Waals surface area contributed by atoms with Gasteiger partial charge in [0.05, 0.1) is 5.56 Å². The van der Waals surface area contributed by atoms with E-state index in [1.807, 2.05) is 24.3 Å². The van der Waals surface area contributed by atoms with Gasteiger partial charge in [-0.25, -0.2) is 4.98 Å². The molecule has 8 heteroatoms. The molecule has 27 heavy (non-hydrogen) atoms. The molecule has 0 atom stereocenters. The lowest BCUT2D eigenvalue weighted by molar-refractivity contribution is -0.154. The maximum Gasteiger partial charge on any atom is 0.422 e. The highest BCUT2D eigenvalue weighted by Gasteiger charge is 2.28. The number of hydrogen-bond donors (Lipinski definition) is 1. The zero-order valence-corrected chi connectivity index (χ0v) is 14.6. The Morgan fingerprint density at radius 1 is 1.15 bits per heavy atom. The van der Waals surface area contributed by atoms with Crippen molar-refractivity contribution < 1.29 is 22.7 Å². The highest BCUT2D eigenvalue weighted by atomic mass is 19.4. The van der Waals surface area contributed by atoms with Crippen molar-refractivity contribution in [2.45, 2.75) is 25.6 Å². The third-order valence-electron chi connectivity index (χ3n) is 4.24. The molecular formula is C19H20F3N3O2. The van der Waals surface area contributed by atoms with Crippen LogP contribution in [0.3, 0.4) is 0 Å². The second kappa shape index (κ2) is 8.39. The largest absolute Gasteiger partial charge is 0.468 e. The molecule has 0 spiro atoms. The molecule has 2 aromatic rings. The standard InChI is InChI=1S/C19H20F3N3O2/c20-19(21,22)13-27-17-8-7-14(11-23-17)18(26)24-16-6-2-1-5-15(16)12-25-9-3-4-10-25/h1-2,5-8,11H,3-4,9-10,12-13H2,(H,24,26). The summed E-state index contributed by atoms with van der Waals surface area (Å²) in [5.74, 6) is -0.558. The Morgan fingerprint density at radius 2 is 1.89 bits per heavy atom. The summed E-state index contributed by atoms with van der Waals surface area (Å²) in [7, 11) is 0. The van der Waals surface area contributed by atoms with Crippen LogP contribution in [-0.2, 0) is 6.54 Å². The number of alkyl halides is 3. The summed E-state index contributed by atoms with van der Waals surface area (Å²) in [5, 5.41) is 2.85. The molecule has 1 amide bonds. The van der Waals surface area contributed by atoms with Crippen LogP contribution in [0.15, 0.2) is 42.6 Å². The van der Waals surface area contributed by atoms with Crippen LogP contribution in [0.25, 0.3) is 0 Å². The fraction of sp³-hybridized carbons (Fsp3) is 0.368. The van der Waals surface area contributed by atoms with Crippen LogP contribution in [0.5, 0.6) is 5.88 Å². The van der Waals surface area contributed by atoms with Crippen LogP contribution in [0.4, 0.5) is 18.9 Å². The number of rotatable bonds is 6. The van der Waals surface area contributed by atoms with E-state index in [0.29, 0.717) is 5.69 Å². The van der Waals surface area contributed by atoms with E-state index in [2.05, 4.69) is 19.9 Å². The van der Waals surface area contributed by atoms with E-state index in [1.54, 1.807) is 0 Å². The van der Waals surface area contributed by atoms with E-state index in [-0.39, 0.29) is 17.4 Å². The molecule has 5 nitrogen and oxygen atoms in total. The Bertz CT molecular complexity index is 773. The number of nitrogens with zero attached hydrogens (tertiary/aromatic N) is 2. The van der Waals surface area contributed by atoms with E-state index in [9.17, 15) is 18.0 Å². The molecule has 1 aromatic carbocycles. The van der Waals surface area contributed by atoms with E-state index < -0.39 is 12.8 Å². The fourth-order valence-electron chi connectivity index (χ4n) is 2.91. The number of amides is 1. The van der Waals surface area contributed by atoms with Crippen molar-refractivity contribution in [2.24, 2.45) is 0 Å². The van der Waals surface area contributed by atoms with Crippen LogP contribution >= 0.6 is 0 Å². The Balaban J connectivity index is 1.63. The number of carbonyl (C=O) groups is 1. The Labute approximate surface area is 155 Å². The highest BCUT2D eigenvalue weighted by Crippen LogP contribution is 2.21. The van der Waals surface area contributed by atoms with Gasteiger partial charge < -0.3 is 10.1 Å². The first-order valence-corrected chi connectivity index (χ1v) is 8.68. The van der Waals surface area contributed by atoms with Crippen molar-refractivity contribution in [1.29, 1.82) is 0 Å². The summed E-state index contributed by atoms with van der Waals surface area (Å²) < 4.78 is 41.0. The second-order valence-corrected chi connectivity index (χ2v) is 6.38. The van der Waals surface area contributed by atoms with Gasteiger partial charge in [0.25, 0.3) is 5.91 Å². The number of ether oxygens (including phenoxy) is 1. The minimum absolute atomic E-state index is 0.182. The van der Waals surface area contributed by atoms with Crippen LogP contribution in [0, 0.1) is 0 Å². The molecule has 0 saturated carbocycles. The SMILES string of the molecule is O=C(Nc1ccccc1CN1CCCC1)c1ccc(OCC(F)(F)F)nc1. The number of aromatic nitrogens is 1. The van der Waals surface area contributed by atoms with Crippen molar-refractivity contribution in [2.75, 3.05) is 25.0 Å². The molecule has 1 saturated heterocycles. The third-order valence-corrected chi connectivity index (χ3v) is 4.24. The quantitative estimate of drug-likeness (QED) is 0.828. The van der Waals surface area contributed by atoms with Gasteiger partial charge in [0.15, 0.2) is 6.61 Å². The van der Waals surface area contributed by atoms with Gasteiger partial charge in [-0.2, -0.15) is 13.2 Å². The van der Waals surface area contributed by atoms with E-state index in [0.717, 1.165) is 25.2 Å². The molecule has 1 aliphatic rings. The van der Waals surface area contributed by atoms with Crippen LogP contribution < -0.4 is 10.1 Å². The van der Waals surface area contributed by atoms with Crippen molar-refractivity contribution in [1.82, 2.24) is 9.88 Å². The Morgan fingerprint density at radius 3 is 2.56 bits per heavy atom. The normalized spacial score (nSPS) is 14.9. The zero-order chi connectivity index (χ0) is 19.3. The lowest BCUT2D eigenvalue weighted by Gasteiger charge is -2.17. The highest BCUT2D eigenvalue weighted by molar-refractivity contribution is 6.04. The minimum atomic E-state index is -4.43. The fourth-order valence-corrected chi connectivity index (χ4v) is 2.91. The summed E-state index contributed by atoms with van der Waals surface area (Å²) in [6, 6.07) is 10.2. The number of anilines is 1. The molecule has 2 heterocycles. The molecule has 0 bridgehead atoms. The van der Waals surface area contributed by atoms with E-state index in [4.69, 9.17) is 0 Å². The third kappa shape index (κ3) is 5.68. The number of pyridine rings is 1. The molecule has 0 radical (unpaired) electrons. The van der Waals surface area contributed by atoms with Gasteiger partial charge in [0.2, 0.25) is 5.88 Å². The lowest BCUT2D eigenvalue weighted by atomic mass is 10.1. The molecule has 1 aromatic heterocycles. The Kier molecular flexibility index (Phi) is 5.95. The molecule has 144 valence electrons. The van der Waals surface area contributed by atoms with Gasteiger partial charge in [-0.3, -0.25) is 9.69 Å². The van der Waals surface area contributed by atoms with Gasteiger partial charge in [-0.1, -0.05) is 18.2 Å². The van der Waals surface area contributed by atoms with Crippen molar-refractivity contribution >= 4 is 11.6 Å². The molecular weight excluding hydrogens is 359 g/mol. The predicted molar refractivity (Wildman–Crippen MR) is 94.7 cm³/mol. The summed E-state index contributed by atoms with van der Waals surface area (Å²) in [5.41, 5.74) is 1.97. The first-order chi connectivity index (χ1) is 12.9. The smallest absolute Gasteiger partial charge is 0.422 e. The van der Waals surface area contributed by atoms with Crippen molar-refractivity contribution in [3.63, 3.8) is 0 Å². The lowest BCUT2D eigenvalue weighted by Crippen LogP contribution is -2.21. The van der Waals surface area contributed by atoms with Crippen molar-refractivity contribution in [3.05, 3.63) is 53.7 Å². The maximum atomic E-state index is 12.4. The topological polar surface area (TPSA) is 54.5 Å². The number of nitrogens with one attached hydrogen (secondary N) is 1. The first-order valence-electron chi connectivity index (χ1n) is 8.68. The molecule has 0 aliphatic carbocycles. The van der Waals surface area contributed by atoms with Crippen LogP contribution in [0.1, 0.15) is 28.8 Å². The number of likely N-dealkylation sites (tertiary alicyclic amines) is 1. The van der Waals surface area contributed by atoms with E-state index >= 15 is 0 Å². The van der Waals surface area contributed by atoms with Crippen LogP contribution in [-0.4, -0.2) is 41.7 Å². The average Bonchev–Trinajstić information content (AvgIpc) is 3.14. The molecule has 1 N–H and O–H groups in total. The minimum Gasteiger partial charge on any atom is -0.468 e. The monoisotopic (exact) mass is 379 g/mol. The molecule has 1 fully saturated rings. The molecule has 3 rings (SSSR count). The number of carbonyl (C=O) groups excluding carboxylic acids is 1. The van der Waals surface area contributed by atoms with Crippen LogP contribution in [0.2, 0.25) is 0 Å². The Hall–Kier alpha value is -2.61. The number of hydrogen-bond acceptors (Lipinski definition) is 4. The van der Waals surface area contributed by atoms with Gasteiger partial charge in [-0.15, -0.1) is 0 Å². The molecule has 0 unspecified atom stereocenters. The predicted octanol–water partition coefficient (Wildman–Crippen LogP) is 3.87. The second-order valence-electron chi connectivity index (χ2n) is 6.38. The maximum absolute atomic E-state index is 12.4. The number of halogens is 3. The van der Waals surface area contributed by atoms with Gasteiger partial charge in [0.1, 0.15) is 0 Å². The van der Waals surface area contributed by atoms with Gasteiger partial charge >= 0.3 is 6.18 Å². The van der Waals surface area contributed by atoms with Gasteiger partial charge in [-0.05, 0) is 43.6 Å². The van der Waals surface area contributed by atoms with Crippen molar-refractivity contribution in [3.8, 4) is 5.88 Å². The summed E-state index contributed by atoms with van der Waals surface area (Å²) >= 11 is 0. The molecule has 1 aliphatic heterocycles. The average molecular weight is 379 g/mol.